The molecule has 1 unspecified atom stereocenters. The van der Waals surface area contributed by atoms with Gasteiger partial charge in [-0.05, 0) is 25.0 Å². The van der Waals surface area contributed by atoms with E-state index < -0.39 is 0 Å². The Labute approximate surface area is 170 Å². The molecule has 2 fully saturated rings. The van der Waals surface area contributed by atoms with Gasteiger partial charge in [0, 0.05) is 49.2 Å². The molecule has 29 heavy (non-hydrogen) atoms. The molecule has 3 aliphatic rings. The number of ether oxygens (including phenoxy) is 1. The molecule has 3 aliphatic heterocycles. The zero-order valence-electron chi connectivity index (χ0n) is 16.9. The quantitative estimate of drug-likeness (QED) is 0.851. The smallest absolute Gasteiger partial charge is 0.246 e. The summed E-state index contributed by atoms with van der Waals surface area (Å²) >= 11 is 0. The molecule has 7 nitrogen and oxygen atoms in total. The third kappa shape index (κ3) is 3.22. The largest absolute Gasteiger partial charge is 0.379 e. The summed E-state index contributed by atoms with van der Waals surface area (Å²) in [5.74, 6) is 0.145. The van der Waals surface area contributed by atoms with Crippen LogP contribution in [0.25, 0.3) is 10.9 Å². The average molecular weight is 396 g/mol. The number of H-pyrrole nitrogens is 1. The van der Waals surface area contributed by atoms with Gasteiger partial charge in [0.25, 0.3) is 0 Å². The number of benzene rings is 1. The average Bonchev–Trinajstić information content (AvgIpc) is 3.11. The van der Waals surface area contributed by atoms with E-state index in [0.717, 1.165) is 50.5 Å². The lowest BCUT2D eigenvalue weighted by Crippen LogP contribution is -2.62. The summed E-state index contributed by atoms with van der Waals surface area (Å²) in [5, 5.41) is 1.17. The molecular weight excluding hydrogens is 368 g/mol. The monoisotopic (exact) mass is 396 g/mol. The van der Waals surface area contributed by atoms with Crippen molar-refractivity contribution in [3.63, 3.8) is 0 Å². The molecule has 2 amide bonds. The van der Waals surface area contributed by atoms with Crippen molar-refractivity contribution >= 4 is 22.7 Å². The molecule has 2 saturated heterocycles. The van der Waals surface area contributed by atoms with E-state index in [-0.39, 0.29) is 30.4 Å². The van der Waals surface area contributed by atoms with Gasteiger partial charge in [-0.15, -0.1) is 0 Å². The molecule has 154 valence electrons. The number of hydrogen-bond donors (Lipinski definition) is 1. The predicted octanol–water partition coefficient (Wildman–Crippen LogP) is 1.55. The predicted molar refractivity (Wildman–Crippen MR) is 110 cm³/mol. The van der Waals surface area contributed by atoms with E-state index in [0.29, 0.717) is 13.0 Å². The van der Waals surface area contributed by atoms with Gasteiger partial charge in [0.05, 0.1) is 25.8 Å². The van der Waals surface area contributed by atoms with Crippen LogP contribution in [-0.2, 0) is 20.7 Å². The first kappa shape index (κ1) is 18.6. The van der Waals surface area contributed by atoms with Crippen LogP contribution in [0.2, 0.25) is 0 Å². The highest BCUT2D eigenvalue weighted by atomic mass is 16.5. The Kier molecular flexibility index (Phi) is 4.80. The lowest BCUT2D eigenvalue weighted by atomic mass is 9.90. The van der Waals surface area contributed by atoms with Crippen molar-refractivity contribution in [1.82, 2.24) is 19.7 Å². The van der Waals surface area contributed by atoms with E-state index in [2.05, 4.69) is 22.0 Å². The number of carbonyl (C=O) groups excluding carboxylic acids is 2. The molecule has 2 atom stereocenters. The molecule has 1 N–H and O–H groups in total. The Balaban J connectivity index is 1.33. The number of para-hydroxylation sites is 1. The van der Waals surface area contributed by atoms with Gasteiger partial charge in [-0.3, -0.25) is 14.5 Å². The first-order valence-electron chi connectivity index (χ1n) is 10.6. The van der Waals surface area contributed by atoms with Crippen LogP contribution in [0.1, 0.15) is 30.6 Å². The van der Waals surface area contributed by atoms with Crippen molar-refractivity contribution in [2.45, 2.75) is 31.8 Å². The van der Waals surface area contributed by atoms with Crippen molar-refractivity contribution < 1.29 is 14.3 Å². The second-order valence-corrected chi connectivity index (χ2v) is 8.33. The van der Waals surface area contributed by atoms with Gasteiger partial charge >= 0.3 is 0 Å². The van der Waals surface area contributed by atoms with Crippen molar-refractivity contribution in [2.75, 3.05) is 45.9 Å². The number of fused-ring (bicyclic) bond motifs is 4. The normalized spacial score (nSPS) is 25.4. The SMILES string of the molecule is CC1c2[nH]c3ccccc3c2C[C@H]2C(=O)N(CCCN3CCOCC3)CC(=O)N12. The van der Waals surface area contributed by atoms with Crippen LogP contribution in [0.5, 0.6) is 0 Å². The van der Waals surface area contributed by atoms with Crippen LogP contribution in [-0.4, -0.2) is 83.5 Å². The fourth-order valence-electron chi connectivity index (χ4n) is 5.13. The minimum absolute atomic E-state index is 0.0535. The first-order chi connectivity index (χ1) is 14.1. The molecule has 0 bridgehead atoms. The molecule has 7 heteroatoms. The summed E-state index contributed by atoms with van der Waals surface area (Å²) in [4.78, 5) is 35.7. The summed E-state index contributed by atoms with van der Waals surface area (Å²) in [7, 11) is 0. The number of aromatic amines is 1. The molecule has 1 aromatic heterocycles. The van der Waals surface area contributed by atoms with Crippen LogP contribution in [0, 0.1) is 0 Å². The van der Waals surface area contributed by atoms with Crippen LogP contribution in [0.15, 0.2) is 24.3 Å². The molecule has 5 rings (SSSR count). The third-order valence-corrected chi connectivity index (χ3v) is 6.63. The lowest BCUT2D eigenvalue weighted by Gasteiger charge is -2.46. The molecule has 0 aliphatic carbocycles. The number of morpholine rings is 1. The number of hydrogen-bond acceptors (Lipinski definition) is 4. The second-order valence-electron chi connectivity index (χ2n) is 8.33. The fraction of sp³-hybridized carbons (Fsp3) is 0.545. The van der Waals surface area contributed by atoms with Gasteiger partial charge in [0.2, 0.25) is 11.8 Å². The molecule has 0 radical (unpaired) electrons. The van der Waals surface area contributed by atoms with Gasteiger partial charge in [-0.2, -0.15) is 0 Å². The molecule has 0 spiro atoms. The van der Waals surface area contributed by atoms with E-state index >= 15 is 0 Å². The molecule has 4 heterocycles. The maximum Gasteiger partial charge on any atom is 0.246 e. The zero-order chi connectivity index (χ0) is 20.0. The van der Waals surface area contributed by atoms with Crippen LogP contribution >= 0.6 is 0 Å². The van der Waals surface area contributed by atoms with Crippen molar-refractivity contribution in [3.05, 3.63) is 35.5 Å². The summed E-state index contributed by atoms with van der Waals surface area (Å²) < 4.78 is 5.39. The van der Waals surface area contributed by atoms with E-state index in [1.54, 1.807) is 9.80 Å². The van der Waals surface area contributed by atoms with Crippen LogP contribution < -0.4 is 0 Å². The Morgan fingerprint density at radius 3 is 2.76 bits per heavy atom. The van der Waals surface area contributed by atoms with E-state index in [1.165, 1.54) is 10.9 Å². The van der Waals surface area contributed by atoms with Crippen LogP contribution in [0.4, 0.5) is 0 Å². The number of aromatic nitrogens is 1. The number of nitrogens with one attached hydrogen (secondary N) is 1. The van der Waals surface area contributed by atoms with Gasteiger partial charge in [-0.1, -0.05) is 18.2 Å². The minimum Gasteiger partial charge on any atom is -0.379 e. The molecular formula is C22H28N4O3. The van der Waals surface area contributed by atoms with Crippen LogP contribution in [0.3, 0.4) is 0 Å². The van der Waals surface area contributed by atoms with E-state index in [4.69, 9.17) is 4.74 Å². The van der Waals surface area contributed by atoms with Gasteiger partial charge in [-0.25, -0.2) is 0 Å². The number of rotatable bonds is 4. The summed E-state index contributed by atoms with van der Waals surface area (Å²) in [6.07, 6.45) is 1.48. The number of amides is 2. The maximum atomic E-state index is 13.3. The number of piperazine rings is 1. The highest BCUT2D eigenvalue weighted by molar-refractivity contribution is 5.97. The maximum absolute atomic E-state index is 13.3. The molecule has 2 aromatic rings. The Hall–Kier alpha value is -2.38. The Bertz CT molecular complexity index is 933. The zero-order valence-corrected chi connectivity index (χ0v) is 16.9. The fourth-order valence-corrected chi connectivity index (χ4v) is 5.13. The molecule has 1 aromatic carbocycles. The van der Waals surface area contributed by atoms with E-state index in [1.807, 2.05) is 19.1 Å². The highest BCUT2D eigenvalue weighted by Crippen LogP contribution is 2.38. The molecule has 0 saturated carbocycles. The van der Waals surface area contributed by atoms with Crippen molar-refractivity contribution in [3.8, 4) is 0 Å². The van der Waals surface area contributed by atoms with E-state index in [9.17, 15) is 9.59 Å². The van der Waals surface area contributed by atoms with Gasteiger partial charge in [0.15, 0.2) is 0 Å². The van der Waals surface area contributed by atoms with Crippen molar-refractivity contribution in [2.24, 2.45) is 0 Å². The summed E-state index contributed by atoms with van der Waals surface area (Å²) in [5.41, 5.74) is 3.33. The Morgan fingerprint density at radius 2 is 1.93 bits per heavy atom. The van der Waals surface area contributed by atoms with Gasteiger partial charge < -0.3 is 19.5 Å². The highest BCUT2D eigenvalue weighted by Gasteiger charge is 2.46. The minimum atomic E-state index is -0.388. The lowest BCUT2D eigenvalue weighted by molar-refractivity contribution is -0.159. The first-order valence-corrected chi connectivity index (χ1v) is 10.6. The van der Waals surface area contributed by atoms with Gasteiger partial charge in [0.1, 0.15) is 6.04 Å². The topological polar surface area (TPSA) is 68.9 Å². The number of carbonyl (C=O) groups is 2. The second kappa shape index (κ2) is 7.46. The third-order valence-electron chi connectivity index (χ3n) is 6.63. The van der Waals surface area contributed by atoms with Crippen molar-refractivity contribution in [1.29, 1.82) is 0 Å². The summed E-state index contributed by atoms with van der Waals surface area (Å²) in [6.45, 7) is 7.26. The summed E-state index contributed by atoms with van der Waals surface area (Å²) in [6, 6.07) is 7.70. The standard InChI is InChI=1S/C22H28N4O3/c1-15-21-17(16-5-2-3-6-18(16)23-21)13-19-22(28)25(14-20(27)26(15)19)8-4-7-24-9-11-29-12-10-24/h2-3,5-6,15,19,23H,4,7-14H2,1H3/t15?,19-/m0/s1. The number of nitrogens with zero attached hydrogens (tertiary/aromatic N) is 3. The Morgan fingerprint density at radius 1 is 1.14 bits per heavy atom.